The van der Waals surface area contributed by atoms with Crippen molar-refractivity contribution in [2.45, 2.75) is 53.2 Å². The molecule has 0 bridgehead atoms. The Balaban J connectivity index is 0.000000757. The van der Waals surface area contributed by atoms with E-state index < -0.39 is 6.10 Å². The topological polar surface area (TPSA) is 91.2 Å². The van der Waals surface area contributed by atoms with Crippen LogP contribution in [0.4, 0.5) is 5.95 Å². The van der Waals surface area contributed by atoms with Crippen LogP contribution >= 0.6 is 11.3 Å². The van der Waals surface area contributed by atoms with Gasteiger partial charge in [-0.3, -0.25) is 9.78 Å². The fraction of sp³-hybridized carbons (Fsp3) is 0.455. The molecule has 0 unspecified atom stereocenters. The van der Waals surface area contributed by atoms with Crippen LogP contribution in [0.2, 0.25) is 0 Å². The van der Waals surface area contributed by atoms with E-state index in [4.69, 9.17) is 0 Å². The van der Waals surface area contributed by atoms with Gasteiger partial charge in [-0.25, -0.2) is 9.97 Å². The zero-order chi connectivity index (χ0) is 22.1. The molecule has 162 valence electrons. The predicted molar refractivity (Wildman–Crippen MR) is 123 cm³/mol. The number of carbonyl (C=O) groups is 1. The standard InChI is InChI=1S/C18H19N5O2S.2C2H6/c1-11(13-4-2-3-7-19-13)20-18-21-14-6-9-26-16(14)15(22-18)17(25)23-8-5-12(24)10-23;2*1-2/h2-4,6-7,9,11-12,24H,5,8,10H2,1H3,(H,20,21,22);2*1-2H3/t11-,12+;;/m0../s1. The summed E-state index contributed by atoms with van der Waals surface area (Å²) in [6, 6.07) is 7.51. The maximum Gasteiger partial charge on any atom is 0.274 e. The molecule has 30 heavy (non-hydrogen) atoms. The van der Waals surface area contributed by atoms with Crippen molar-refractivity contribution in [2.75, 3.05) is 18.4 Å². The molecule has 2 atom stereocenters. The summed E-state index contributed by atoms with van der Waals surface area (Å²) in [5.74, 6) is 0.238. The molecule has 2 N–H and O–H groups in total. The predicted octanol–water partition coefficient (Wildman–Crippen LogP) is 4.52. The van der Waals surface area contributed by atoms with Crippen molar-refractivity contribution in [3.63, 3.8) is 0 Å². The summed E-state index contributed by atoms with van der Waals surface area (Å²) in [6.07, 6.45) is 1.89. The smallest absolute Gasteiger partial charge is 0.274 e. The molecule has 1 saturated heterocycles. The van der Waals surface area contributed by atoms with Gasteiger partial charge in [-0.1, -0.05) is 33.8 Å². The van der Waals surface area contributed by atoms with Gasteiger partial charge in [0.1, 0.15) is 0 Å². The van der Waals surface area contributed by atoms with E-state index >= 15 is 0 Å². The Kier molecular flexibility index (Phi) is 9.14. The Hall–Kier alpha value is -2.58. The zero-order valence-electron chi connectivity index (χ0n) is 18.3. The quantitative estimate of drug-likeness (QED) is 0.634. The number of hydrogen-bond acceptors (Lipinski definition) is 7. The maximum atomic E-state index is 12.9. The highest BCUT2D eigenvalue weighted by atomic mass is 32.1. The van der Waals surface area contributed by atoms with E-state index in [9.17, 15) is 9.90 Å². The van der Waals surface area contributed by atoms with Crippen LogP contribution in [0.5, 0.6) is 0 Å². The van der Waals surface area contributed by atoms with Crippen molar-refractivity contribution in [1.82, 2.24) is 19.9 Å². The molecular formula is C22H31N5O2S. The average molecular weight is 430 g/mol. The lowest BCUT2D eigenvalue weighted by Crippen LogP contribution is -2.30. The van der Waals surface area contributed by atoms with E-state index in [0.29, 0.717) is 31.2 Å². The number of anilines is 1. The monoisotopic (exact) mass is 429 g/mol. The van der Waals surface area contributed by atoms with E-state index in [1.807, 2.05) is 64.3 Å². The molecule has 0 aromatic carbocycles. The number of likely N-dealkylation sites (tertiary alicyclic amines) is 1. The lowest BCUT2D eigenvalue weighted by atomic mass is 10.2. The van der Waals surface area contributed by atoms with E-state index in [1.165, 1.54) is 11.3 Å². The Morgan fingerprint density at radius 2 is 2.00 bits per heavy atom. The number of aliphatic hydroxyl groups is 1. The van der Waals surface area contributed by atoms with Crippen molar-refractivity contribution in [3.8, 4) is 0 Å². The molecule has 0 spiro atoms. The number of pyridine rings is 1. The molecule has 3 aromatic rings. The number of nitrogens with zero attached hydrogens (tertiary/aromatic N) is 4. The highest BCUT2D eigenvalue weighted by Gasteiger charge is 2.28. The number of nitrogens with one attached hydrogen (secondary N) is 1. The lowest BCUT2D eigenvalue weighted by Gasteiger charge is -2.17. The molecule has 4 heterocycles. The largest absolute Gasteiger partial charge is 0.391 e. The second-order valence-corrected chi connectivity index (χ2v) is 7.26. The van der Waals surface area contributed by atoms with Crippen molar-refractivity contribution in [1.29, 1.82) is 0 Å². The van der Waals surface area contributed by atoms with Gasteiger partial charge in [0.2, 0.25) is 5.95 Å². The molecule has 8 heteroatoms. The summed E-state index contributed by atoms with van der Waals surface area (Å²) < 4.78 is 0.771. The molecule has 7 nitrogen and oxygen atoms in total. The Labute approximate surface area is 182 Å². The number of hydrogen-bond donors (Lipinski definition) is 2. The molecule has 4 rings (SSSR count). The summed E-state index contributed by atoms with van der Waals surface area (Å²) in [6.45, 7) is 10.9. The van der Waals surface area contributed by atoms with Crippen molar-refractivity contribution >= 4 is 33.4 Å². The number of carbonyl (C=O) groups excluding carboxylic acids is 1. The summed E-state index contributed by atoms with van der Waals surface area (Å²) in [7, 11) is 0. The Bertz CT molecular complexity index is 932. The van der Waals surface area contributed by atoms with Crippen molar-refractivity contribution in [3.05, 3.63) is 47.2 Å². The van der Waals surface area contributed by atoms with Crippen LogP contribution < -0.4 is 5.32 Å². The van der Waals surface area contributed by atoms with Gasteiger partial charge in [0, 0.05) is 19.3 Å². The molecule has 3 aromatic heterocycles. The van der Waals surface area contributed by atoms with Gasteiger partial charge < -0.3 is 15.3 Å². The van der Waals surface area contributed by atoms with Gasteiger partial charge in [-0.05, 0) is 36.9 Å². The lowest BCUT2D eigenvalue weighted by molar-refractivity contribution is 0.0761. The minimum atomic E-state index is -0.457. The first-order valence-electron chi connectivity index (χ1n) is 10.5. The van der Waals surface area contributed by atoms with E-state index in [0.717, 1.165) is 15.9 Å². The van der Waals surface area contributed by atoms with Gasteiger partial charge in [0.15, 0.2) is 5.69 Å². The highest BCUT2D eigenvalue weighted by molar-refractivity contribution is 7.17. The third-order valence-corrected chi connectivity index (χ3v) is 5.34. The van der Waals surface area contributed by atoms with E-state index in [2.05, 4.69) is 20.3 Å². The highest BCUT2D eigenvalue weighted by Crippen LogP contribution is 2.27. The number of aromatic nitrogens is 3. The van der Waals surface area contributed by atoms with Crippen LogP contribution in [0.15, 0.2) is 35.8 Å². The summed E-state index contributed by atoms with van der Waals surface area (Å²) in [4.78, 5) is 27.9. The van der Waals surface area contributed by atoms with Gasteiger partial charge in [-0.15, -0.1) is 11.3 Å². The summed E-state index contributed by atoms with van der Waals surface area (Å²) in [5.41, 5.74) is 2.00. The van der Waals surface area contributed by atoms with Crippen LogP contribution in [-0.4, -0.2) is 50.1 Å². The summed E-state index contributed by atoms with van der Waals surface area (Å²) in [5, 5.41) is 14.9. The first-order valence-corrected chi connectivity index (χ1v) is 11.4. The van der Waals surface area contributed by atoms with Crippen LogP contribution in [0, 0.1) is 0 Å². The fourth-order valence-corrected chi connectivity index (χ4v) is 3.86. The first kappa shape index (κ1) is 23.7. The number of amides is 1. The number of fused-ring (bicyclic) bond motifs is 1. The van der Waals surface area contributed by atoms with E-state index in [-0.39, 0.29) is 11.9 Å². The van der Waals surface area contributed by atoms with Gasteiger partial charge >= 0.3 is 0 Å². The van der Waals surface area contributed by atoms with Crippen molar-refractivity contribution < 1.29 is 9.90 Å². The van der Waals surface area contributed by atoms with Gasteiger partial charge in [0.25, 0.3) is 5.91 Å². The number of rotatable bonds is 4. The normalized spacial score (nSPS) is 16.2. The third kappa shape index (κ3) is 5.52. The molecule has 0 aliphatic carbocycles. The Morgan fingerprint density at radius 1 is 1.23 bits per heavy atom. The molecule has 1 fully saturated rings. The number of β-amino-alcohol motifs (C(OH)–C–C–N with tert-alkyl or cyclic N) is 1. The fourth-order valence-electron chi connectivity index (χ4n) is 3.05. The van der Waals surface area contributed by atoms with E-state index in [1.54, 1.807) is 11.1 Å². The second kappa shape index (κ2) is 11.6. The molecule has 1 aliphatic rings. The third-order valence-electron chi connectivity index (χ3n) is 4.43. The molecule has 1 aliphatic heterocycles. The number of aliphatic hydroxyl groups excluding tert-OH is 1. The SMILES string of the molecule is CC.CC.C[C@H](Nc1nc(C(=O)N2CC[C@@H](O)C2)c2sccc2n1)c1ccccn1. The Morgan fingerprint density at radius 3 is 2.63 bits per heavy atom. The maximum absolute atomic E-state index is 12.9. The molecule has 0 radical (unpaired) electrons. The van der Waals surface area contributed by atoms with Crippen molar-refractivity contribution in [2.24, 2.45) is 0 Å². The number of thiophene rings is 1. The first-order chi connectivity index (χ1) is 14.6. The zero-order valence-corrected chi connectivity index (χ0v) is 19.1. The van der Waals surface area contributed by atoms with Crippen LogP contribution in [0.25, 0.3) is 10.2 Å². The average Bonchev–Trinajstić information content (AvgIpc) is 3.45. The minimum absolute atomic E-state index is 0.0937. The van der Waals surface area contributed by atoms with Crippen LogP contribution in [0.1, 0.15) is 63.3 Å². The molecule has 1 amide bonds. The molecule has 0 saturated carbocycles. The summed E-state index contributed by atoms with van der Waals surface area (Å²) >= 11 is 1.45. The second-order valence-electron chi connectivity index (χ2n) is 6.35. The van der Waals surface area contributed by atoms with Gasteiger partial charge in [0.05, 0.1) is 28.1 Å². The van der Waals surface area contributed by atoms with Crippen LogP contribution in [0.3, 0.4) is 0 Å². The van der Waals surface area contributed by atoms with Crippen LogP contribution in [-0.2, 0) is 0 Å². The minimum Gasteiger partial charge on any atom is -0.391 e. The van der Waals surface area contributed by atoms with Gasteiger partial charge in [-0.2, -0.15) is 0 Å². The molecular weight excluding hydrogens is 398 g/mol.